The van der Waals surface area contributed by atoms with E-state index in [4.69, 9.17) is 10.5 Å². The van der Waals surface area contributed by atoms with Crippen molar-refractivity contribution in [3.8, 4) is 5.75 Å². The summed E-state index contributed by atoms with van der Waals surface area (Å²) in [7, 11) is 1.49. The van der Waals surface area contributed by atoms with Crippen LogP contribution >= 0.6 is 15.9 Å². The number of rotatable bonds is 3. The van der Waals surface area contributed by atoms with Crippen molar-refractivity contribution in [3.05, 3.63) is 28.2 Å². The van der Waals surface area contributed by atoms with Gasteiger partial charge < -0.3 is 10.5 Å². The maximum absolute atomic E-state index is 12.2. The molecule has 1 rings (SSSR count). The van der Waals surface area contributed by atoms with Crippen LogP contribution in [0.3, 0.4) is 0 Å². The third kappa shape index (κ3) is 3.38. The first kappa shape index (κ1) is 13.3. The van der Waals surface area contributed by atoms with E-state index in [1.165, 1.54) is 7.11 Å². The predicted molar refractivity (Wildman–Crippen MR) is 58.4 cm³/mol. The van der Waals surface area contributed by atoms with Crippen LogP contribution in [0.5, 0.6) is 5.75 Å². The van der Waals surface area contributed by atoms with Gasteiger partial charge in [-0.25, -0.2) is 0 Å². The lowest BCUT2D eigenvalue weighted by molar-refractivity contribution is -0.147. The molecule has 1 atom stereocenters. The molecule has 1 aromatic rings. The van der Waals surface area contributed by atoms with E-state index >= 15 is 0 Å². The van der Waals surface area contributed by atoms with Crippen molar-refractivity contribution in [3.63, 3.8) is 0 Å². The highest BCUT2D eigenvalue weighted by molar-refractivity contribution is 9.10. The number of hydrogen-bond donors (Lipinski definition) is 1. The molecule has 0 bridgehead atoms. The summed E-state index contributed by atoms with van der Waals surface area (Å²) in [5, 5.41) is 0. The van der Waals surface area contributed by atoms with Gasteiger partial charge in [-0.3, -0.25) is 0 Å². The maximum atomic E-state index is 12.2. The second-order valence-electron chi connectivity index (χ2n) is 3.32. The summed E-state index contributed by atoms with van der Waals surface area (Å²) >= 11 is 3.20. The summed E-state index contributed by atoms with van der Waals surface area (Å²) in [6.07, 6.45) is -4.61. The number of hydrogen-bond acceptors (Lipinski definition) is 2. The minimum atomic E-state index is -4.37. The Morgan fingerprint density at radius 3 is 2.50 bits per heavy atom. The molecule has 1 unspecified atom stereocenters. The van der Waals surface area contributed by atoms with Gasteiger partial charge in [-0.1, -0.05) is 6.07 Å². The summed E-state index contributed by atoms with van der Waals surface area (Å²) < 4.78 is 42.2. The molecule has 0 fully saturated rings. The van der Waals surface area contributed by atoms with Gasteiger partial charge in [-0.2, -0.15) is 13.2 Å². The van der Waals surface area contributed by atoms with Crippen LogP contribution in [0.4, 0.5) is 13.2 Å². The van der Waals surface area contributed by atoms with E-state index in [0.29, 0.717) is 15.8 Å². The van der Waals surface area contributed by atoms with Gasteiger partial charge in [0.2, 0.25) is 0 Å². The van der Waals surface area contributed by atoms with Gasteiger partial charge in [0.25, 0.3) is 0 Å². The third-order valence-corrected chi connectivity index (χ3v) is 2.71. The number of benzene rings is 1. The molecule has 0 spiro atoms. The van der Waals surface area contributed by atoms with E-state index in [9.17, 15) is 13.2 Å². The second kappa shape index (κ2) is 5.05. The monoisotopic (exact) mass is 297 g/mol. The zero-order valence-electron chi connectivity index (χ0n) is 8.51. The van der Waals surface area contributed by atoms with Crippen molar-refractivity contribution in [1.82, 2.24) is 0 Å². The highest BCUT2D eigenvalue weighted by Crippen LogP contribution is 2.27. The smallest absolute Gasteiger partial charge is 0.403 e. The Morgan fingerprint density at radius 2 is 2.06 bits per heavy atom. The number of halogens is 4. The molecule has 0 aliphatic rings. The van der Waals surface area contributed by atoms with Gasteiger partial charge in [-0.05, 0) is 40.0 Å². The average molecular weight is 298 g/mol. The zero-order valence-corrected chi connectivity index (χ0v) is 10.1. The topological polar surface area (TPSA) is 35.2 Å². The van der Waals surface area contributed by atoms with Crippen molar-refractivity contribution in [1.29, 1.82) is 0 Å². The maximum Gasteiger partial charge on any atom is 0.403 e. The molecular formula is C10H11BrF3NO. The molecule has 0 aromatic heterocycles. The van der Waals surface area contributed by atoms with Crippen molar-refractivity contribution >= 4 is 15.9 Å². The van der Waals surface area contributed by atoms with E-state index in [2.05, 4.69) is 15.9 Å². The lowest BCUT2D eigenvalue weighted by Crippen LogP contribution is -2.39. The minimum Gasteiger partial charge on any atom is -0.496 e. The summed E-state index contributed by atoms with van der Waals surface area (Å²) in [5.74, 6) is 0.573. The Balaban J connectivity index is 2.79. The fourth-order valence-electron chi connectivity index (χ4n) is 1.21. The molecule has 2 N–H and O–H groups in total. The van der Waals surface area contributed by atoms with Crippen LogP contribution in [-0.2, 0) is 6.42 Å². The summed E-state index contributed by atoms with van der Waals surface area (Å²) in [4.78, 5) is 0. The number of nitrogens with two attached hydrogens (primary N) is 1. The quantitative estimate of drug-likeness (QED) is 0.931. The van der Waals surface area contributed by atoms with Crippen LogP contribution in [0, 0.1) is 0 Å². The molecule has 6 heteroatoms. The lowest BCUT2D eigenvalue weighted by atomic mass is 10.1. The van der Waals surface area contributed by atoms with E-state index < -0.39 is 12.2 Å². The third-order valence-electron chi connectivity index (χ3n) is 2.09. The Hall–Kier alpha value is -0.750. The molecule has 2 nitrogen and oxygen atoms in total. The fourth-order valence-corrected chi connectivity index (χ4v) is 1.79. The Bertz CT molecular complexity index is 368. The normalized spacial score (nSPS) is 13.6. The lowest BCUT2D eigenvalue weighted by Gasteiger charge is -2.15. The van der Waals surface area contributed by atoms with Crippen molar-refractivity contribution in [2.75, 3.05) is 7.11 Å². The van der Waals surface area contributed by atoms with Crippen LogP contribution in [-0.4, -0.2) is 19.3 Å². The van der Waals surface area contributed by atoms with Crippen LogP contribution < -0.4 is 10.5 Å². The molecule has 90 valence electrons. The SMILES string of the molecule is COc1ccc(CC(N)C(F)(F)F)cc1Br. The van der Waals surface area contributed by atoms with Crippen LogP contribution in [0.25, 0.3) is 0 Å². The molecular weight excluding hydrogens is 287 g/mol. The first-order chi connectivity index (χ1) is 7.34. The molecule has 0 radical (unpaired) electrons. The van der Waals surface area contributed by atoms with Gasteiger partial charge in [0, 0.05) is 0 Å². The highest BCUT2D eigenvalue weighted by atomic mass is 79.9. The van der Waals surface area contributed by atoms with Gasteiger partial charge in [0.05, 0.1) is 11.6 Å². The van der Waals surface area contributed by atoms with Crippen molar-refractivity contribution in [2.24, 2.45) is 5.73 Å². The Morgan fingerprint density at radius 1 is 1.44 bits per heavy atom. The predicted octanol–water partition coefficient (Wildman–Crippen LogP) is 2.89. The fraction of sp³-hybridized carbons (Fsp3) is 0.400. The summed E-state index contributed by atoms with van der Waals surface area (Å²) in [6.45, 7) is 0. The van der Waals surface area contributed by atoms with Gasteiger partial charge in [0.1, 0.15) is 11.8 Å². The molecule has 0 heterocycles. The van der Waals surface area contributed by atoms with Crippen molar-refractivity contribution in [2.45, 2.75) is 18.6 Å². The van der Waals surface area contributed by atoms with Crippen LogP contribution in [0.1, 0.15) is 5.56 Å². The molecule has 16 heavy (non-hydrogen) atoms. The Kier molecular flexibility index (Phi) is 4.21. The molecule has 0 aliphatic heterocycles. The first-order valence-corrected chi connectivity index (χ1v) is 5.28. The second-order valence-corrected chi connectivity index (χ2v) is 4.18. The average Bonchev–Trinajstić information content (AvgIpc) is 2.16. The molecule has 0 saturated heterocycles. The number of ether oxygens (including phenoxy) is 1. The largest absolute Gasteiger partial charge is 0.496 e. The van der Waals surface area contributed by atoms with Gasteiger partial charge in [-0.15, -0.1) is 0 Å². The van der Waals surface area contributed by atoms with E-state index in [-0.39, 0.29) is 6.42 Å². The number of alkyl halides is 3. The van der Waals surface area contributed by atoms with E-state index in [0.717, 1.165) is 0 Å². The number of methoxy groups -OCH3 is 1. The minimum absolute atomic E-state index is 0.244. The molecule has 0 aliphatic carbocycles. The standard InChI is InChI=1S/C10H11BrF3NO/c1-16-8-3-2-6(4-7(8)11)5-9(15)10(12,13)14/h2-4,9H,5,15H2,1H3. The van der Waals surface area contributed by atoms with E-state index in [1.807, 2.05) is 0 Å². The molecule has 0 amide bonds. The van der Waals surface area contributed by atoms with Crippen molar-refractivity contribution < 1.29 is 17.9 Å². The van der Waals surface area contributed by atoms with Gasteiger partial charge in [0.15, 0.2) is 0 Å². The summed E-state index contributed by atoms with van der Waals surface area (Å²) in [5.41, 5.74) is 5.54. The summed E-state index contributed by atoms with van der Waals surface area (Å²) in [6, 6.07) is 2.90. The molecule has 0 saturated carbocycles. The van der Waals surface area contributed by atoms with Gasteiger partial charge >= 0.3 is 6.18 Å². The van der Waals surface area contributed by atoms with E-state index in [1.54, 1.807) is 18.2 Å². The Labute approximate surface area is 99.7 Å². The molecule has 1 aromatic carbocycles. The van der Waals surface area contributed by atoms with Crippen LogP contribution in [0.15, 0.2) is 22.7 Å². The highest BCUT2D eigenvalue weighted by Gasteiger charge is 2.36. The van der Waals surface area contributed by atoms with Crippen LogP contribution in [0.2, 0.25) is 0 Å². The first-order valence-electron chi connectivity index (χ1n) is 4.49. The zero-order chi connectivity index (χ0) is 12.3.